The van der Waals surface area contributed by atoms with Crippen molar-refractivity contribution in [3.05, 3.63) is 12.3 Å². The van der Waals surface area contributed by atoms with E-state index < -0.39 is 5.97 Å². The molecule has 0 saturated heterocycles. The average Bonchev–Trinajstić information content (AvgIpc) is 1.87. The Labute approximate surface area is 64.9 Å². The van der Waals surface area contributed by atoms with Gasteiger partial charge < -0.3 is 10.4 Å². The van der Waals surface area contributed by atoms with E-state index in [2.05, 4.69) is 5.32 Å². The third-order valence-electron chi connectivity index (χ3n) is 0.947. The van der Waals surface area contributed by atoms with E-state index in [9.17, 15) is 9.59 Å². The molecule has 4 nitrogen and oxygen atoms in total. The van der Waals surface area contributed by atoms with E-state index in [0.29, 0.717) is 6.42 Å². The molecule has 0 heterocycles. The second kappa shape index (κ2) is 5.46. The molecule has 11 heavy (non-hydrogen) atoms. The van der Waals surface area contributed by atoms with E-state index in [1.807, 2.05) is 6.92 Å². The first kappa shape index (κ1) is 9.68. The molecule has 0 aromatic carbocycles. The maximum absolute atomic E-state index is 10.7. The summed E-state index contributed by atoms with van der Waals surface area (Å²) in [4.78, 5) is 20.6. The second-order valence-corrected chi connectivity index (χ2v) is 1.99. The predicted octanol–water partition coefficient (Wildman–Crippen LogP) is 0.501. The molecular formula is C7H11NO3. The third kappa shape index (κ3) is 6.57. The van der Waals surface area contributed by atoms with E-state index in [4.69, 9.17) is 5.11 Å². The number of carbonyl (C=O) groups is 2. The molecule has 0 atom stereocenters. The lowest BCUT2D eigenvalue weighted by Gasteiger charge is -1.94. The van der Waals surface area contributed by atoms with Crippen LogP contribution in [0.4, 0.5) is 0 Å². The minimum absolute atomic E-state index is 0.162. The van der Waals surface area contributed by atoms with Crippen LogP contribution in [0.15, 0.2) is 12.3 Å². The van der Waals surface area contributed by atoms with Crippen LogP contribution >= 0.6 is 0 Å². The maximum Gasteiger partial charge on any atom is 0.329 e. The van der Waals surface area contributed by atoms with Gasteiger partial charge in [-0.15, -0.1) is 0 Å². The molecule has 0 saturated carbocycles. The van der Waals surface area contributed by atoms with Crippen molar-refractivity contribution in [3.63, 3.8) is 0 Å². The highest BCUT2D eigenvalue weighted by Gasteiger charge is 1.94. The number of nitrogens with one attached hydrogen (secondary N) is 1. The van der Waals surface area contributed by atoms with Crippen molar-refractivity contribution in [2.24, 2.45) is 0 Å². The van der Waals surface area contributed by atoms with E-state index in [0.717, 1.165) is 18.7 Å². The fourth-order valence-electron chi connectivity index (χ4n) is 0.505. The van der Waals surface area contributed by atoms with Gasteiger partial charge in [-0.3, -0.25) is 4.79 Å². The van der Waals surface area contributed by atoms with Crippen molar-refractivity contribution < 1.29 is 14.7 Å². The first-order valence-corrected chi connectivity index (χ1v) is 3.35. The van der Waals surface area contributed by atoms with Crippen molar-refractivity contribution in [3.8, 4) is 0 Å². The highest BCUT2D eigenvalue weighted by molar-refractivity contribution is 5.82. The zero-order chi connectivity index (χ0) is 8.69. The standard InChI is InChI=1S/C7H11NO3/c1-2-3-6(9)8-5-4-7(10)11/h4-5H,2-3H2,1H3,(H,8,9)(H,10,11). The van der Waals surface area contributed by atoms with Gasteiger partial charge in [0.25, 0.3) is 0 Å². The molecule has 1 amide bonds. The smallest absolute Gasteiger partial charge is 0.329 e. The molecule has 0 unspecified atom stereocenters. The van der Waals surface area contributed by atoms with Gasteiger partial charge in [-0.2, -0.15) is 0 Å². The molecule has 0 bridgehead atoms. The van der Waals surface area contributed by atoms with Crippen LogP contribution in [0.2, 0.25) is 0 Å². The molecule has 0 aliphatic carbocycles. The van der Waals surface area contributed by atoms with Gasteiger partial charge in [-0.1, -0.05) is 6.92 Å². The van der Waals surface area contributed by atoms with Crippen LogP contribution in [0.25, 0.3) is 0 Å². The van der Waals surface area contributed by atoms with Crippen molar-refractivity contribution in [1.29, 1.82) is 0 Å². The molecule has 62 valence electrons. The summed E-state index contributed by atoms with van der Waals surface area (Å²) in [6.45, 7) is 1.88. The zero-order valence-corrected chi connectivity index (χ0v) is 6.33. The minimum Gasteiger partial charge on any atom is -0.478 e. The molecule has 0 aromatic rings. The van der Waals surface area contributed by atoms with E-state index in [1.54, 1.807) is 0 Å². The lowest BCUT2D eigenvalue weighted by Crippen LogP contribution is -2.16. The second-order valence-electron chi connectivity index (χ2n) is 1.99. The third-order valence-corrected chi connectivity index (χ3v) is 0.947. The number of amides is 1. The Balaban J connectivity index is 3.53. The summed E-state index contributed by atoms with van der Waals surface area (Å²) >= 11 is 0. The molecule has 0 rings (SSSR count). The SMILES string of the molecule is CCCC(=O)NC=CC(=O)O. The van der Waals surface area contributed by atoms with Gasteiger partial charge in [0.1, 0.15) is 0 Å². The number of hydrogen-bond acceptors (Lipinski definition) is 2. The first-order chi connectivity index (χ1) is 5.16. The Kier molecular flexibility index (Phi) is 4.81. The molecule has 4 heteroatoms. The summed E-state index contributed by atoms with van der Waals surface area (Å²) in [5, 5.41) is 10.4. The summed E-state index contributed by atoms with van der Waals surface area (Å²) < 4.78 is 0. The van der Waals surface area contributed by atoms with Crippen molar-refractivity contribution >= 4 is 11.9 Å². The van der Waals surface area contributed by atoms with Crippen LogP contribution in [-0.4, -0.2) is 17.0 Å². The number of carboxylic acids is 1. The summed E-state index contributed by atoms with van der Waals surface area (Å²) in [5.74, 6) is -1.23. The van der Waals surface area contributed by atoms with Gasteiger partial charge in [-0.05, 0) is 6.42 Å². The molecule has 0 spiro atoms. The number of rotatable bonds is 4. The van der Waals surface area contributed by atoms with Gasteiger partial charge in [0.2, 0.25) is 5.91 Å². The van der Waals surface area contributed by atoms with Crippen molar-refractivity contribution in [2.75, 3.05) is 0 Å². The quantitative estimate of drug-likeness (QED) is 0.584. The normalized spacial score (nSPS) is 9.91. The maximum atomic E-state index is 10.7. The number of carboxylic acid groups (broad SMARTS) is 1. The summed E-state index contributed by atoms with van der Waals surface area (Å²) in [7, 11) is 0. The monoisotopic (exact) mass is 157 g/mol. The van der Waals surface area contributed by atoms with E-state index in [1.165, 1.54) is 0 Å². The summed E-state index contributed by atoms with van der Waals surface area (Å²) in [5.41, 5.74) is 0. The van der Waals surface area contributed by atoms with Crippen molar-refractivity contribution in [2.45, 2.75) is 19.8 Å². The predicted molar refractivity (Wildman–Crippen MR) is 39.8 cm³/mol. The fourth-order valence-corrected chi connectivity index (χ4v) is 0.505. The van der Waals surface area contributed by atoms with Crippen LogP contribution in [-0.2, 0) is 9.59 Å². The molecule has 2 N–H and O–H groups in total. The Bertz CT molecular complexity index is 175. The fraction of sp³-hybridized carbons (Fsp3) is 0.429. The van der Waals surface area contributed by atoms with Crippen LogP contribution in [0.5, 0.6) is 0 Å². The number of aliphatic carboxylic acids is 1. The van der Waals surface area contributed by atoms with Crippen LogP contribution < -0.4 is 5.32 Å². The molecule has 0 radical (unpaired) electrons. The van der Waals surface area contributed by atoms with Gasteiger partial charge in [0.05, 0.1) is 0 Å². The Hall–Kier alpha value is -1.32. The molecule has 0 aliphatic rings. The van der Waals surface area contributed by atoms with E-state index >= 15 is 0 Å². The Morgan fingerprint density at radius 3 is 2.64 bits per heavy atom. The molecule has 0 fully saturated rings. The Morgan fingerprint density at radius 1 is 1.55 bits per heavy atom. The van der Waals surface area contributed by atoms with Crippen LogP contribution in [0.3, 0.4) is 0 Å². The van der Waals surface area contributed by atoms with Gasteiger partial charge in [0, 0.05) is 18.7 Å². The van der Waals surface area contributed by atoms with Crippen LogP contribution in [0, 0.1) is 0 Å². The molecule has 0 aromatic heterocycles. The highest BCUT2D eigenvalue weighted by Crippen LogP contribution is 1.84. The van der Waals surface area contributed by atoms with Gasteiger partial charge >= 0.3 is 5.97 Å². The number of carbonyl (C=O) groups excluding carboxylic acids is 1. The summed E-state index contributed by atoms with van der Waals surface area (Å²) in [6, 6.07) is 0. The minimum atomic E-state index is -1.07. The first-order valence-electron chi connectivity index (χ1n) is 3.35. The largest absolute Gasteiger partial charge is 0.478 e. The van der Waals surface area contributed by atoms with Crippen molar-refractivity contribution in [1.82, 2.24) is 5.32 Å². The molecule has 0 aliphatic heterocycles. The number of hydrogen-bond donors (Lipinski definition) is 2. The lowest BCUT2D eigenvalue weighted by molar-refractivity contribution is -0.131. The zero-order valence-electron chi connectivity index (χ0n) is 6.33. The van der Waals surface area contributed by atoms with Gasteiger partial charge in [-0.25, -0.2) is 4.79 Å². The summed E-state index contributed by atoms with van der Waals surface area (Å²) in [6.07, 6.45) is 3.19. The van der Waals surface area contributed by atoms with E-state index in [-0.39, 0.29) is 5.91 Å². The lowest BCUT2D eigenvalue weighted by atomic mass is 10.3. The van der Waals surface area contributed by atoms with Crippen LogP contribution in [0.1, 0.15) is 19.8 Å². The molecular weight excluding hydrogens is 146 g/mol. The average molecular weight is 157 g/mol. The van der Waals surface area contributed by atoms with Gasteiger partial charge in [0.15, 0.2) is 0 Å². The topological polar surface area (TPSA) is 66.4 Å². The Morgan fingerprint density at radius 2 is 2.18 bits per heavy atom. The highest BCUT2D eigenvalue weighted by atomic mass is 16.4.